The van der Waals surface area contributed by atoms with Crippen LogP contribution in [0.5, 0.6) is 0 Å². The number of hydrogen-bond donors (Lipinski definition) is 2. The molecule has 26 heavy (non-hydrogen) atoms. The van der Waals surface area contributed by atoms with Crippen molar-refractivity contribution in [1.29, 1.82) is 0 Å². The van der Waals surface area contributed by atoms with Crippen molar-refractivity contribution in [3.8, 4) is 0 Å². The van der Waals surface area contributed by atoms with Gasteiger partial charge >= 0.3 is 5.97 Å². The molecule has 0 spiro atoms. The van der Waals surface area contributed by atoms with Crippen LogP contribution in [0.15, 0.2) is 42.9 Å². The number of carbonyl (C=O) groups is 2. The second-order valence-corrected chi connectivity index (χ2v) is 5.87. The number of amides is 1. The van der Waals surface area contributed by atoms with Gasteiger partial charge in [-0.3, -0.25) is 19.6 Å². The van der Waals surface area contributed by atoms with Gasteiger partial charge in [0.15, 0.2) is 0 Å². The normalized spacial score (nSPS) is 10.7. The lowest BCUT2D eigenvalue weighted by Gasteiger charge is -2.05. The molecule has 9 nitrogen and oxygen atoms in total. The maximum atomic E-state index is 12.3. The van der Waals surface area contributed by atoms with Crippen LogP contribution in [0.25, 0.3) is 0 Å². The highest BCUT2D eigenvalue weighted by atomic mass is 35.5. The van der Waals surface area contributed by atoms with E-state index in [0.717, 1.165) is 5.56 Å². The monoisotopic (exact) mass is 374 g/mol. The fourth-order valence-corrected chi connectivity index (χ4v) is 2.53. The van der Waals surface area contributed by atoms with Gasteiger partial charge < -0.3 is 5.11 Å². The van der Waals surface area contributed by atoms with Crippen LogP contribution in [0, 0.1) is 0 Å². The summed E-state index contributed by atoms with van der Waals surface area (Å²) in [5.74, 6) is -1.29. The molecule has 0 aliphatic carbocycles. The topological polar surface area (TPSA) is 115 Å². The molecular formula is C16H15ClN6O3. The first-order valence-corrected chi connectivity index (χ1v) is 8.08. The maximum absolute atomic E-state index is 12.3. The molecule has 2 aromatic heterocycles. The zero-order valence-electron chi connectivity index (χ0n) is 13.5. The summed E-state index contributed by atoms with van der Waals surface area (Å²) in [6.07, 6.45) is 2.80. The molecule has 0 saturated carbocycles. The largest absolute Gasteiger partial charge is 0.481 e. The molecule has 0 aliphatic rings. The van der Waals surface area contributed by atoms with Gasteiger partial charge in [0.2, 0.25) is 5.95 Å². The molecule has 0 atom stereocenters. The third kappa shape index (κ3) is 4.45. The van der Waals surface area contributed by atoms with Crippen LogP contribution in [-0.4, -0.2) is 41.5 Å². The minimum atomic E-state index is -0.965. The summed E-state index contributed by atoms with van der Waals surface area (Å²) < 4.78 is 2.90. The van der Waals surface area contributed by atoms with Crippen molar-refractivity contribution in [3.63, 3.8) is 0 Å². The minimum Gasteiger partial charge on any atom is -0.481 e. The Hall–Kier alpha value is -3.20. The first kappa shape index (κ1) is 17.6. The number of aliphatic carboxylic acids is 1. The number of aromatic nitrogens is 5. The Morgan fingerprint density at radius 3 is 2.88 bits per heavy atom. The second kappa shape index (κ2) is 7.79. The SMILES string of the molecule is O=C(O)CCn1nccc1C(=O)Nc1ncn(Cc2cccc(Cl)c2)n1. The van der Waals surface area contributed by atoms with Gasteiger partial charge in [0.25, 0.3) is 5.91 Å². The van der Waals surface area contributed by atoms with Crippen molar-refractivity contribution in [1.82, 2.24) is 24.5 Å². The van der Waals surface area contributed by atoms with E-state index in [-0.39, 0.29) is 24.6 Å². The molecule has 1 aromatic carbocycles. The molecule has 1 amide bonds. The number of carbonyl (C=O) groups excluding carboxylic acids is 1. The molecular weight excluding hydrogens is 360 g/mol. The molecule has 0 fully saturated rings. The lowest BCUT2D eigenvalue weighted by molar-refractivity contribution is -0.137. The van der Waals surface area contributed by atoms with Crippen LogP contribution in [0.2, 0.25) is 5.02 Å². The number of aryl methyl sites for hydroxylation is 1. The molecule has 10 heteroatoms. The highest BCUT2D eigenvalue weighted by Crippen LogP contribution is 2.12. The number of halogens is 1. The zero-order valence-corrected chi connectivity index (χ0v) is 14.3. The summed E-state index contributed by atoms with van der Waals surface area (Å²) in [5, 5.41) is 20.1. The van der Waals surface area contributed by atoms with E-state index in [2.05, 4.69) is 20.5 Å². The molecule has 0 bridgehead atoms. The highest BCUT2D eigenvalue weighted by molar-refractivity contribution is 6.30. The Labute approximate surface area is 153 Å². The van der Waals surface area contributed by atoms with Crippen molar-refractivity contribution in [2.75, 3.05) is 5.32 Å². The third-order valence-corrected chi connectivity index (χ3v) is 3.72. The second-order valence-electron chi connectivity index (χ2n) is 5.43. The molecule has 2 heterocycles. The number of benzene rings is 1. The summed E-state index contributed by atoms with van der Waals surface area (Å²) in [6.45, 7) is 0.557. The van der Waals surface area contributed by atoms with Gasteiger partial charge in [0.1, 0.15) is 12.0 Å². The van der Waals surface area contributed by atoms with Gasteiger partial charge in [-0.15, -0.1) is 5.10 Å². The summed E-state index contributed by atoms with van der Waals surface area (Å²) in [6, 6.07) is 8.86. The zero-order chi connectivity index (χ0) is 18.5. The Kier molecular flexibility index (Phi) is 5.28. The number of nitrogens with one attached hydrogen (secondary N) is 1. The van der Waals surface area contributed by atoms with E-state index in [1.165, 1.54) is 23.3 Å². The van der Waals surface area contributed by atoms with E-state index in [1.54, 1.807) is 10.7 Å². The first-order chi connectivity index (χ1) is 12.5. The molecule has 0 saturated heterocycles. The summed E-state index contributed by atoms with van der Waals surface area (Å²) in [4.78, 5) is 27.0. The standard InChI is InChI=1S/C16H15ClN6O3/c17-12-3-1-2-11(8-12)9-22-10-18-16(21-22)20-15(26)13-4-6-19-23(13)7-5-14(24)25/h1-4,6,8,10H,5,7,9H2,(H,24,25)(H,20,21,26). The lowest BCUT2D eigenvalue weighted by atomic mass is 10.2. The quantitative estimate of drug-likeness (QED) is 0.652. The van der Waals surface area contributed by atoms with Crippen LogP contribution in [0.1, 0.15) is 22.5 Å². The maximum Gasteiger partial charge on any atom is 0.305 e. The predicted octanol–water partition coefficient (Wildman–Crippen LogP) is 1.90. The molecule has 2 N–H and O–H groups in total. The summed E-state index contributed by atoms with van der Waals surface area (Å²) in [7, 11) is 0. The van der Waals surface area contributed by atoms with Crippen molar-refractivity contribution in [2.45, 2.75) is 19.5 Å². The van der Waals surface area contributed by atoms with E-state index >= 15 is 0 Å². The molecule has 0 unspecified atom stereocenters. The number of rotatable bonds is 7. The van der Waals surface area contributed by atoms with Crippen LogP contribution in [0.4, 0.5) is 5.95 Å². The Morgan fingerprint density at radius 1 is 1.27 bits per heavy atom. The lowest BCUT2D eigenvalue weighted by Crippen LogP contribution is -2.19. The number of carboxylic acid groups (broad SMARTS) is 1. The van der Waals surface area contributed by atoms with Gasteiger partial charge in [-0.2, -0.15) is 5.10 Å². The van der Waals surface area contributed by atoms with Crippen LogP contribution in [0.3, 0.4) is 0 Å². The number of anilines is 1. The van der Waals surface area contributed by atoms with E-state index in [0.29, 0.717) is 11.6 Å². The van der Waals surface area contributed by atoms with Gasteiger partial charge in [-0.1, -0.05) is 23.7 Å². The molecule has 3 rings (SSSR count). The number of carboxylic acids is 1. The van der Waals surface area contributed by atoms with Crippen LogP contribution in [-0.2, 0) is 17.9 Å². The average molecular weight is 375 g/mol. The fourth-order valence-electron chi connectivity index (χ4n) is 2.32. The third-order valence-electron chi connectivity index (χ3n) is 3.48. The van der Waals surface area contributed by atoms with Crippen molar-refractivity contribution >= 4 is 29.4 Å². The van der Waals surface area contributed by atoms with Gasteiger partial charge in [0.05, 0.1) is 19.5 Å². The van der Waals surface area contributed by atoms with Gasteiger partial charge in [-0.25, -0.2) is 9.67 Å². The Bertz CT molecular complexity index is 935. The van der Waals surface area contributed by atoms with E-state index in [4.69, 9.17) is 16.7 Å². The summed E-state index contributed by atoms with van der Waals surface area (Å²) in [5.41, 5.74) is 1.18. The number of hydrogen-bond acceptors (Lipinski definition) is 5. The van der Waals surface area contributed by atoms with Crippen molar-refractivity contribution in [2.24, 2.45) is 0 Å². The molecule has 134 valence electrons. The van der Waals surface area contributed by atoms with Crippen LogP contribution < -0.4 is 5.32 Å². The van der Waals surface area contributed by atoms with E-state index in [1.807, 2.05) is 18.2 Å². The van der Waals surface area contributed by atoms with Crippen LogP contribution >= 0.6 is 11.6 Å². The highest BCUT2D eigenvalue weighted by Gasteiger charge is 2.15. The molecule has 0 aliphatic heterocycles. The Morgan fingerprint density at radius 2 is 2.12 bits per heavy atom. The van der Waals surface area contributed by atoms with E-state index in [9.17, 15) is 9.59 Å². The van der Waals surface area contributed by atoms with Crippen molar-refractivity contribution < 1.29 is 14.7 Å². The fraction of sp³-hybridized carbons (Fsp3) is 0.188. The number of nitrogens with zero attached hydrogens (tertiary/aromatic N) is 5. The van der Waals surface area contributed by atoms with Crippen molar-refractivity contribution in [3.05, 3.63) is 59.1 Å². The molecule has 0 radical (unpaired) electrons. The average Bonchev–Trinajstić information content (AvgIpc) is 3.22. The summed E-state index contributed by atoms with van der Waals surface area (Å²) >= 11 is 5.95. The van der Waals surface area contributed by atoms with E-state index < -0.39 is 11.9 Å². The smallest absolute Gasteiger partial charge is 0.305 e. The van der Waals surface area contributed by atoms with Gasteiger partial charge in [-0.05, 0) is 23.8 Å². The first-order valence-electron chi connectivity index (χ1n) is 7.70. The Balaban J connectivity index is 1.65. The predicted molar refractivity (Wildman–Crippen MR) is 93.0 cm³/mol. The molecule has 3 aromatic rings. The minimum absolute atomic E-state index is 0.0989. The van der Waals surface area contributed by atoms with Gasteiger partial charge in [0, 0.05) is 11.2 Å².